The minimum absolute atomic E-state index is 0.264. The molecule has 1 saturated carbocycles. The molecule has 22 heavy (non-hydrogen) atoms. The lowest BCUT2D eigenvalue weighted by Crippen LogP contribution is -2.55. The average molecular weight is 304 g/mol. The summed E-state index contributed by atoms with van der Waals surface area (Å²) in [6.07, 6.45) is 3.73. The molecular weight excluding hydrogens is 276 g/mol. The summed E-state index contributed by atoms with van der Waals surface area (Å²) in [6, 6.07) is 7.27. The number of rotatable bonds is 4. The Bertz CT molecular complexity index is 520. The quantitative estimate of drug-likeness (QED) is 0.929. The molecule has 1 heterocycles. The van der Waals surface area contributed by atoms with Gasteiger partial charge in [0.1, 0.15) is 0 Å². The maximum Gasteiger partial charge on any atom is 0.160 e. The zero-order valence-electron chi connectivity index (χ0n) is 13.9. The summed E-state index contributed by atoms with van der Waals surface area (Å²) in [5.41, 5.74) is 7.65. The van der Waals surface area contributed by atoms with E-state index >= 15 is 0 Å². The smallest absolute Gasteiger partial charge is 0.160 e. The van der Waals surface area contributed by atoms with E-state index in [4.69, 9.17) is 15.2 Å². The number of nitrogens with two attached hydrogens (primary N) is 1. The Morgan fingerprint density at radius 3 is 2.45 bits per heavy atom. The Hall–Kier alpha value is -1.26. The molecule has 0 radical (unpaired) electrons. The van der Waals surface area contributed by atoms with Gasteiger partial charge in [0, 0.05) is 25.2 Å². The molecule has 0 bridgehead atoms. The molecule has 2 fully saturated rings. The molecule has 4 heteroatoms. The third kappa shape index (κ3) is 2.95. The predicted molar refractivity (Wildman–Crippen MR) is 88.6 cm³/mol. The van der Waals surface area contributed by atoms with E-state index in [2.05, 4.69) is 24.0 Å². The Morgan fingerprint density at radius 2 is 1.86 bits per heavy atom. The zero-order chi connectivity index (χ0) is 15.7. The normalized spacial score (nSPS) is 32.4. The molecule has 1 saturated heterocycles. The van der Waals surface area contributed by atoms with Crippen LogP contribution in [0.1, 0.15) is 37.7 Å². The van der Waals surface area contributed by atoms with Gasteiger partial charge >= 0.3 is 0 Å². The molecule has 4 unspecified atom stereocenters. The van der Waals surface area contributed by atoms with Crippen molar-refractivity contribution < 1.29 is 9.47 Å². The maximum absolute atomic E-state index is 6.34. The Labute approximate surface area is 133 Å². The van der Waals surface area contributed by atoms with Crippen LogP contribution in [0.15, 0.2) is 18.2 Å². The topological polar surface area (TPSA) is 47.7 Å². The van der Waals surface area contributed by atoms with Gasteiger partial charge < -0.3 is 15.2 Å². The van der Waals surface area contributed by atoms with E-state index in [1.165, 1.54) is 18.4 Å². The number of likely N-dealkylation sites (tertiary alicyclic amines) is 1. The highest BCUT2D eigenvalue weighted by Crippen LogP contribution is 2.38. The number of methoxy groups -OCH3 is 2. The highest BCUT2D eigenvalue weighted by atomic mass is 16.5. The van der Waals surface area contributed by atoms with Gasteiger partial charge in [-0.1, -0.05) is 13.0 Å². The first kappa shape index (κ1) is 15.6. The fourth-order valence-electron chi connectivity index (χ4n) is 3.98. The second-order valence-electron chi connectivity index (χ2n) is 6.88. The van der Waals surface area contributed by atoms with Crippen molar-refractivity contribution in [1.82, 2.24) is 4.90 Å². The highest BCUT2D eigenvalue weighted by molar-refractivity contribution is 5.44. The summed E-state index contributed by atoms with van der Waals surface area (Å²) in [4.78, 5) is 2.61. The number of piperidine rings is 1. The lowest BCUT2D eigenvalue weighted by atomic mass is 9.77. The van der Waals surface area contributed by atoms with Crippen molar-refractivity contribution in [3.63, 3.8) is 0 Å². The van der Waals surface area contributed by atoms with E-state index in [-0.39, 0.29) is 6.04 Å². The molecule has 0 amide bonds. The van der Waals surface area contributed by atoms with Crippen molar-refractivity contribution in [1.29, 1.82) is 0 Å². The first-order chi connectivity index (χ1) is 10.6. The molecule has 1 aliphatic carbocycles. The number of hydrogen-bond acceptors (Lipinski definition) is 4. The van der Waals surface area contributed by atoms with Gasteiger partial charge in [-0.15, -0.1) is 0 Å². The predicted octanol–water partition coefficient (Wildman–Crippen LogP) is 2.62. The van der Waals surface area contributed by atoms with E-state index < -0.39 is 0 Å². The molecule has 0 aromatic heterocycles. The Morgan fingerprint density at radius 1 is 1.09 bits per heavy atom. The second kappa shape index (κ2) is 6.47. The fourth-order valence-corrected chi connectivity index (χ4v) is 3.98. The van der Waals surface area contributed by atoms with Crippen molar-refractivity contribution in [2.45, 2.75) is 44.2 Å². The van der Waals surface area contributed by atoms with Gasteiger partial charge in [-0.05, 0) is 48.8 Å². The van der Waals surface area contributed by atoms with Gasteiger partial charge in [0.15, 0.2) is 11.5 Å². The average Bonchev–Trinajstić information content (AvgIpc) is 2.52. The molecule has 4 atom stereocenters. The van der Waals surface area contributed by atoms with Gasteiger partial charge in [-0.25, -0.2) is 0 Å². The molecule has 0 spiro atoms. The first-order valence-electron chi connectivity index (χ1n) is 8.34. The van der Waals surface area contributed by atoms with Crippen LogP contribution in [0.25, 0.3) is 0 Å². The Kier molecular flexibility index (Phi) is 4.59. The highest BCUT2D eigenvalue weighted by Gasteiger charge is 2.37. The number of nitrogens with zero attached hydrogens (tertiary/aromatic N) is 1. The summed E-state index contributed by atoms with van der Waals surface area (Å²) in [5, 5.41) is 0. The first-order valence-corrected chi connectivity index (χ1v) is 8.34. The molecular formula is C18H28N2O2. The van der Waals surface area contributed by atoms with Crippen LogP contribution >= 0.6 is 0 Å². The zero-order valence-corrected chi connectivity index (χ0v) is 13.9. The second-order valence-corrected chi connectivity index (χ2v) is 6.88. The van der Waals surface area contributed by atoms with Crippen LogP contribution in [0, 0.1) is 5.92 Å². The van der Waals surface area contributed by atoms with Crippen molar-refractivity contribution >= 4 is 0 Å². The number of hydrogen-bond donors (Lipinski definition) is 1. The molecule has 1 aromatic carbocycles. The van der Waals surface area contributed by atoms with Crippen LogP contribution in [-0.4, -0.2) is 44.3 Å². The largest absolute Gasteiger partial charge is 0.493 e. The van der Waals surface area contributed by atoms with E-state index in [1.54, 1.807) is 14.2 Å². The number of ether oxygens (including phenoxy) is 2. The SMILES string of the molecule is COc1ccc(C2CC(N)CN(C3CCC3C)C2)cc1OC. The van der Waals surface area contributed by atoms with E-state index in [1.807, 2.05) is 6.07 Å². The van der Waals surface area contributed by atoms with Gasteiger partial charge in [-0.2, -0.15) is 0 Å². The van der Waals surface area contributed by atoms with E-state index in [0.29, 0.717) is 5.92 Å². The molecule has 1 aliphatic heterocycles. The lowest BCUT2D eigenvalue weighted by molar-refractivity contribution is 0.0418. The van der Waals surface area contributed by atoms with Crippen LogP contribution in [0.4, 0.5) is 0 Å². The lowest BCUT2D eigenvalue weighted by Gasteiger charge is -2.48. The summed E-state index contributed by atoms with van der Waals surface area (Å²) in [6.45, 7) is 4.51. The molecule has 3 rings (SSSR count). The minimum atomic E-state index is 0.264. The van der Waals surface area contributed by atoms with Gasteiger partial charge in [-0.3, -0.25) is 4.90 Å². The standard InChI is InChI=1S/C18H28N2O2/c1-12-4-6-16(12)20-10-14(8-15(19)11-20)13-5-7-17(21-2)18(9-13)22-3/h5,7,9,12,14-16H,4,6,8,10-11,19H2,1-3H3. The molecule has 1 aromatic rings. The summed E-state index contributed by atoms with van der Waals surface area (Å²) in [5.74, 6) is 2.89. The van der Waals surface area contributed by atoms with Crippen LogP contribution in [0.2, 0.25) is 0 Å². The van der Waals surface area contributed by atoms with E-state index in [0.717, 1.165) is 43.0 Å². The van der Waals surface area contributed by atoms with Crippen molar-refractivity contribution in [2.75, 3.05) is 27.3 Å². The third-order valence-electron chi connectivity index (χ3n) is 5.43. The minimum Gasteiger partial charge on any atom is -0.493 e. The van der Waals surface area contributed by atoms with Gasteiger partial charge in [0.05, 0.1) is 14.2 Å². The monoisotopic (exact) mass is 304 g/mol. The van der Waals surface area contributed by atoms with Crippen molar-refractivity contribution in [2.24, 2.45) is 11.7 Å². The van der Waals surface area contributed by atoms with E-state index in [9.17, 15) is 0 Å². The molecule has 4 nitrogen and oxygen atoms in total. The van der Waals surface area contributed by atoms with Crippen LogP contribution in [-0.2, 0) is 0 Å². The molecule has 2 N–H and O–H groups in total. The third-order valence-corrected chi connectivity index (χ3v) is 5.43. The maximum atomic E-state index is 6.34. The number of benzene rings is 1. The summed E-state index contributed by atoms with van der Waals surface area (Å²) in [7, 11) is 3.37. The van der Waals surface area contributed by atoms with Gasteiger partial charge in [0.2, 0.25) is 0 Å². The fraction of sp³-hybridized carbons (Fsp3) is 0.667. The van der Waals surface area contributed by atoms with Crippen LogP contribution < -0.4 is 15.2 Å². The molecule has 122 valence electrons. The van der Waals surface area contributed by atoms with Gasteiger partial charge in [0.25, 0.3) is 0 Å². The summed E-state index contributed by atoms with van der Waals surface area (Å²) < 4.78 is 10.8. The van der Waals surface area contributed by atoms with Crippen LogP contribution in [0.5, 0.6) is 11.5 Å². The van der Waals surface area contributed by atoms with Crippen molar-refractivity contribution in [3.8, 4) is 11.5 Å². The Balaban J connectivity index is 1.78. The molecule has 2 aliphatic rings. The summed E-state index contributed by atoms with van der Waals surface area (Å²) >= 11 is 0. The van der Waals surface area contributed by atoms with Crippen molar-refractivity contribution in [3.05, 3.63) is 23.8 Å². The van der Waals surface area contributed by atoms with Crippen LogP contribution in [0.3, 0.4) is 0 Å².